The van der Waals surface area contributed by atoms with E-state index in [1.807, 2.05) is 0 Å². The molecule has 21 heavy (non-hydrogen) atoms. The highest BCUT2D eigenvalue weighted by atomic mass is 16.5. The number of amides is 1. The van der Waals surface area contributed by atoms with Crippen LogP contribution in [0.25, 0.3) is 0 Å². The Balaban J connectivity index is 1.67. The molecule has 1 saturated heterocycles. The minimum absolute atomic E-state index is 0.00326. The van der Waals surface area contributed by atoms with Crippen LogP contribution in [0, 0.1) is 0 Å². The number of H-pyrrole nitrogens is 2. The Bertz CT molecular complexity index is 546. The van der Waals surface area contributed by atoms with E-state index < -0.39 is 11.2 Å². The number of hydrogen-bond acceptors (Lipinski definition) is 5. The Labute approximate surface area is 121 Å². The first-order valence-electron chi connectivity index (χ1n) is 7.03. The standard InChI is InChI=1S/C13H20N4O4/c18-11(8-10-9-12(19)16-13(20)15-10)14-2-1-3-17-4-6-21-7-5-17/h9H,1-8H2,(H,14,18)(H2,15,16,19,20). The van der Waals surface area contributed by atoms with Crippen molar-refractivity contribution in [3.63, 3.8) is 0 Å². The number of rotatable bonds is 6. The average molecular weight is 296 g/mol. The first kappa shape index (κ1) is 15.5. The summed E-state index contributed by atoms with van der Waals surface area (Å²) in [4.78, 5) is 40.7. The van der Waals surface area contributed by atoms with E-state index in [2.05, 4.69) is 20.2 Å². The van der Waals surface area contributed by atoms with Crippen LogP contribution in [0.3, 0.4) is 0 Å². The summed E-state index contributed by atoms with van der Waals surface area (Å²) in [5.74, 6) is -0.210. The minimum atomic E-state index is -0.599. The number of nitrogens with one attached hydrogen (secondary N) is 3. The van der Waals surface area contributed by atoms with Gasteiger partial charge in [0.1, 0.15) is 0 Å². The zero-order valence-corrected chi connectivity index (χ0v) is 11.8. The lowest BCUT2D eigenvalue weighted by Gasteiger charge is -2.26. The van der Waals surface area contributed by atoms with Crippen LogP contribution < -0.4 is 16.6 Å². The lowest BCUT2D eigenvalue weighted by molar-refractivity contribution is -0.120. The molecule has 1 amide bonds. The Morgan fingerprint density at radius 3 is 2.76 bits per heavy atom. The first-order valence-corrected chi connectivity index (χ1v) is 7.03. The highest BCUT2D eigenvalue weighted by Gasteiger charge is 2.10. The maximum absolute atomic E-state index is 11.7. The van der Waals surface area contributed by atoms with E-state index in [1.165, 1.54) is 6.07 Å². The monoisotopic (exact) mass is 296 g/mol. The van der Waals surface area contributed by atoms with Crippen LogP contribution in [-0.4, -0.2) is 60.2 Å². The number of carbonyl (C=O) groups is 1. The summed E-state index contributed by atoms with van der Waals surface area (Å²) in [6, 6.07) is 1.22. The van der Waals surface area contributed by atoms with Gasteiger partial charge < -0.3 is 15.0 Å². The van der Waals surface area contributed by atoms with Crippen LogP contribution in [0.5, 0.6) is 0 Å². The molecular formula is C13H20N4O4. The van der Waals surface area contributed by atoms with Crippen molar-refractivity contribution >= 4 is 5.91 Å². The van der Waals surface area contributed by atoms with Gasteiger partial charge in [-0.15, -0.1) is 0 Å². The van der Waals surface area contributed by atoms with Gasteiger partial charge in [-0.2, -0.15) is 0 Å². The second-order valence-corrected chi connectivity index (χ2v) is 4.95. The van der Waals surface area contributed by atoms with Crippen molar-refractivity contribution in [2.45, 2.75) is 12.8 Å². The highest BCUT2D eigenvalue weighted by molar-refractivity contribution is 5.77. The molecule has 1 aliphatic rings. The van der Waals surface area contributed by atoms with Gasteiger partial charge in [-0.1, -0.05) is 0 Å². The minimum Gasteiger partial charge on any atom is -0.379 e. The molecule has 0 aromatic carbocycles. The smallest absolute Gasteiger partial charge is 0.325 e. The molecule has 8 nitrogen and oxygen atoms in total. The fraction of sp³-hybridized carbons (Fsp3) is 0.615. The quantitative estimate of drug-likeness (QED) is 0.551. The summed E-state index contributed by atoms with van der Waals surface area (Å²) in [6.07, 6.45) is 0.856. The van der Waals surface area contributed by atoms with E-state index in [-0.39, 0.29) is 12.3 Å². The molecule has 0 spiro atoms. The molecule has 0 bridgehead atoms. The second-order valence-electron chi connectivity index (χ2n) is 4.95. The molecule has 116 valence electrons. The number of nitrogens with zero attached hydrogens (tertiary/aromatic N) is 1. The van der Waals surface area contributed by atoms with Crippen molar-refractivity contribution in [2.75, 3.05) is 39.4 Å². The number of aromatic amines is 2. The third-order valence-electron chi connectivity index (χ3n) is 3.24. The normalized spacial score (nSPS) is 15.8. The van der Waals surface area contributed by atoms with Gasteiger partial charge in [0.25, 0.3) is 5.56 Å². The Morgan fingerprint density at radius 1 is 1.29 bits per heavy atom. The van der Waals surface area contributed by atoms with Crippen molar-refractivity contribution in [2.24, 2.45) is 0 Å². The molecule has 2 heterocycles. The Morgan fingerprint density at radius 2 is 2.05 bits per heavy atom. The van der Waals surface area contributed by atoms with E-state index >= 15 is 0 Å². The first-order chi connectivity index (χ1) is 10.1. The summed E-state index contributed by atoms with van der Waals surface area (Å²) in [6.45, 7) is 4.89. The average Bonchev–Trinajstić information content (AvgIpc) is 2.43. The van der Waals surface area contributed by atoms with Gasteiger partial charge in [0.05, 0.1) is 19.6 Å². The molecule has 0 unspecified atom stereocenters. The maximum atomic E-state index is 11.7. The lowest BCUT2D eigenvalue weighted by Crippen LogP contribution is -2.38. The predicted molar refractivity (Wildman–Crippen MR) is 76.3 cm³/mol. The number of carbonyl (C=O) groups excluding carboxylic acids is 1. The summed E-state index contributed by atoms with van der Waals surface area (Å²) in [7, 11) is 0. The van der Waals surface area contributed by atoms with Crippen LogP contribution in [0.4, 0.5) is 0 Å². The molecule has 1 aliphatic heterocycles. The van der Waals surface area contributed by atoms with E-state index in [0.29, 0.717) is 12.2 Å². The number of aromatic nitrogens is 2. The molecular weight excluding hydrogens is 276 g/mol. The molecule has 0 aliphatic carbocycles. The fourth-order valence-corrected chi connectivity index (χ4v) is 2.21. The van der Waals surface area contributed by atoms with E-state index in [0.717, 1.165) is 39.3 Å². The summed E-state index contributed by atoms with van der Waals surface area (Å²) < 4.78 is 5.26. The Hall–Kier alpha value is -1.93. The fourth-order valence-electron chi connectivity index (χ4n) is 2.21. The lowest BCUT2D eigenvalue weighted by atomic mass is 10.2. The molecule has 8 heteroatoms. The third kappa shape index (κ3) is 5.52. The van der Waals surface area contributed by atoms with Gasteiger partial charge in [0, 0.05) is 31.4 Å². The topological polar surface area (TPSA) is 107 Å². The van der Waals surface area contributed by atoms with Gasteiger partial charge in [-0.25, -0.2) is 4.79 Å². The second kappa shape index (κ2) is 7.75. The van der Waals surface area contributed by atoms with Crippen molar-refractivity contribution in [3.05, 3.63) is 32.6 Å². The third-order valence-corrected chi connectivity index (χ3v) is 3.24. The molecule has 1 aromatic rings. The van der Waals surface area contributed by atoms with Crippen LogP contribution in [0.15, 0.2) is 15.7 Å². The number of morpholine rings is 1. The van der Waals surface area contributed by atoms with E-state index in [9.17, 15) is 14.4 Å². The predicted octanol–water partition coefficient (Wildman–Crippen LogP) is -1.56. The van der Waals surface area contributed by atoms with Crippen LogP contribution in [0.1, 0.15) is 12.1 Å². The molecule has 1 aromatic heterocycles. The molecule has 1 fully saturated rings. The largest absolute Gasteiger partial charge is 0.379 e. The SMILES string of the molecule is O=C(Cc1cc(=O)[nH]c(=O)[nH]1)NCCCN1CCOCC1. The summed E-state index contributed by atoms with van der Waals surface area (Å²) >= 11 is 0. The van der Waals surface area contributed by atoms with Crippen molar-refractivity contribution in [1.82, 2.24) is 20.2 Å². The zero-order chi connectivity index (χ0) is 15.1. The van der Waals surface area contributed by atoms with Gasteiger partial charge in [0.2, 0.25) is 5.91 Å². The molecule has 0 atom stereocenters. The summed E-state index contributed by atoms with van der Waals surface area (Å²) in [5, 5.41) is 2.78. The Kier molecular flexibility index (Phi) is 5.70. The maximum Gasteiger partial charge on any atom is 0.325 e. The van der Waals surface area contributed by atoms with Gasteiger partial charge in [0.15, 0.2) is 0 Å². The van der Waals surface area contributed by atoms with Gasteiger partial charge in [-0.05, 0) is 13.0 Å². The molecule has 2 rings (SSSR count). The van der Waals surface area contributed by atoms with E-state index in [1.54, 1.807) is 0 Å². The van der Waals surface area contributed by atoms with Crippen molar-refractivity contribution in [3.8, 4) is 0 Å². The number of hydrogen-bond donors (Lipinski definition) is 3. The number of ether oxygens (including phenoxy) is 1. The highest BCUT2D eigenvalue weighted by Crippen LogP contribution is 1.97. The van der Waals surface area contributed by atoms with Crippen molar-refractivity contribution < 1.29 is 9.53 Å². The van der Waals surface area contributed by atoms with Crippen LogP contribution >= 0.6 is 0 Å². The molecule has 0 saturated carbocycles. The van der Waals surface area contributed by atoms with Crippen LogP contribution in [0.2, 0.25) is 0 Å². The molecule has 3 N–H and O–H groups in total. The summed E-state index contributed by atoms with van der Waals surface area (Å²) in [5.41, 5.74) is -0.791. The molecule has 0 radical (unpaired) electrons. The van der Waals surface area contributed by atoms with Crippen molar-refractivity contribution in [1.29, 1.82) is 0 Å². The van der Waals surface area contributed by atoms with Gasteiger partial charge >= 0.3 is 5.69 Å². The van der Waals surface area contributed by atoms with Crippen LogP contribution in [-0.2, 0) is 16.0 Å². The van der Waals surface area contributed by atoms with E-state index in [4.69, 9.17) is 4.74 Å². The van der Waals surface area contributed by atoms with Gasteiger partial charge in [-0.3, -0.25) is 19.5 Å². The zero-order valence-electron chi connectivity index (χ0n) is 11.8.